The van der Waals surface area contributed by atoms with E-state index in [-0.39, 0.29) is 55.3 Å². The van der Waals surface area contributed by atoms with Gasteiger partial charge in [-0.2, -0.15) is 50.5 Å². The van der Waals surface area contributed by atoms with Crippen LogP contribution in [0.25, 0.3) is 0 Å². The minimum Gasteiger partial charge on any atom is -0.508 e. The molecule has 0 aromatic heterocycles. The number of hydrogen-bond donors (Lipinski definition) is 27. The largest absolute Gasteiger partial charge is 0.508 e. The number of carbonyl (C=O) groups is 22. The average Bonchev–Trinajstić information content (AvgIpc) is 1.71. The van der Waals surface area contributed by atoms with Crippen molar-refractivity contribution in [2.24, 2.45) is 17.4 Å². The maximum atomic E-state index is 14.8. The van der Waals surface area contributed by atoms with E-state index >= 15 is 0 Å². The Hall–Kier alpha value is -12.1. The van der Waals surface area contributed by atoms with E-state index in [1.807, 2.05) is 5.32 Å². The van der Waals surface area contributed by atoms with Crippen LogP contribution in [0.1, 0.15) is 110 Å². The van der Waals surface area contributed by atoms with Gasteiger partial charge < -0.3 is 132 Å². The van der Waals surface area contributed by atoms with Crippen LogP contribution in [0.3, 0.4) is 0 Å². The van der Waals surface area contributed by atoms with Gasteiger partial charge in [0.25, 0.3) is 0 Å². The second-order valence-corrected chi connectivity index (χ2v) is 32.1. The minimum atomic E-state index is -1.93. The van der Waals surface area contributed by atoms with Gasteiger partial charge in [0.05, 0.1) is 31.7 Å². The summed E-state index contributed by atoms with van der Waals surface area (Å²) in [5.74, 6) is -25.7. The number of amides is 19. The molecule has 19 amide bonds. The Labute approximate surface area is 762 Å². The fourth-order valence-corrected chi connectivity index (χ4v) is 13.8. The van der Waals surface area contributed by atoms with Crippen molar-refractivity contribution in [3.05, 3.63) is 65.7 Å². The van der Waals surface area contributed by atoms with Gasteiger partial charge in [-0.3, -0.25) is 105 Å². The number of rotatable bonds is 53. The van der Waals surface area contributed by atoms with Gasteiger partial charge in [-0.15, -0.1) is 0 Å². The summed E-state index contributed by atoms with van der Waals surface area (Å²) in [4.78, 5) is 296. The van der Waals surface area contributed by atoms with E-state index in [9.17, 15) is 126 Å². The number of hydrogen-bond acceptors (Lipinski definition) is 29. The molecule has 0 spiro atoms. The van der Waals surface area contributed by atoms with Crippen LogP contribution in [0.2, 0.25) is 0 Å². The molecule has 0 aliphatic carbocycles. The van der Waals surface area contributed by atoms with Crippen molar-refractivity contribution >= 4 is 181 Å². The Morgan fingerprint density at radius 1 is 0.395 bits per heavy atom. The summed E-state index contributed by atoms with van der Waals surface area (Å²) in [6, 6.07) is -11.4. The predicted octanol–water partition coefficient (Wildman–Crippen LogP) is -9.36. The van der Waals surface area contributed by atoms with Crippen molar-refractivity contribution in [1.82, 2.24) is 94.9 Å². The van der Waals surface area contributed by atoms with Crippen molar-refractivity contribution in [2.45, 2.75) is 215 Å². The topological polar surface area (TPSA) is 728 Å². The lowest BCUT2D eigenvalue weighted by atomic mass is 10.0. The molecule has 129 heavy (non-hydrogen) atoms. The molecular formula is C78H114N20O27S4. The summed E-state index contributed by atoms with van der Waals surface area (Å²) in [6.45, 7) is 6.16. The van der Waals surface area contributed by atoms with E-state index < -0.39 is 315 Å². The third kappa shape index (κ3) is 36.5. The first kappa shape index (κ1) is 109. The number of carboxylic acid groups (broad SMARTS) is 3. The minimum absolute atomic E-state index is 0.0416. The molecule has 2 aliphatic rings. The number of nitrogens with two attached hydrogens (primary N) is 2. The molecule has 0 bridgehead atoms. The zero-order valence-corrected chi connectivity index (χ0v) is 74.9. The van der Waals surface area contributed by atoms with Crippen LogP contribution in [-0.2, 0) is 118 Å². The number of aromatic hydroxyl groups is 1. The Morgan fingerprint density at radius 2 is 0.791 bits per heavy atom. The number of likely N-dealkylation sites (tertiary alicyclic amines) is 2. The van der Waals surface area contributed by atoms with Crippen LogP contribution in [0, 0.1) is 5.92 Å². The second kappa shape index (κ2) is 54.3. The lowest BCUT2D eigenvalue weighted by Crippen LogP contribution is -2.61. The Bertz CT molecular complexity index is 4370. The highest BCUT2D eigenvalue weighted by atomic mass is 32.1. The Balaban J connectivity index is 1.49. The molecule has 712 valence electrons. The number of nitrogens with zero attached hydrogens (tertiary/aromatic N) is 2. The van der Waals surface area contributed by atoms with E-state index in [4.69, 9.17) is 16.6 Å². The molecule has 2 saturated heterocycles. The zero-order chi connectivity index (χ0) is 96.8. The number of phenols is 1. The normalized spacial score (nSPS) is 16.9. The maximum Gasteiger partial charge on any atom is 0.322 e. The smallest absolute Gasteiger partial charge is 0.322 e. The Kier molecular flexibility index (Phi) is 46.0. The van der Waals surface area contributed by atoms with Crippen molar-refractivity contribution in [2.75, 3.05) is 55.7 Å². The average molecular weight is 1890 g/mol. The van der Waals surface area contributed by atoms with Crippen LogP contribution >= 0.6 is 50.5 Å². The van der Waals surface area contributed by atoms with E-state index in [0.29, 0.717) is 12.0 Å². The van der Waals surface area contributed by atoms with E-state index in [0.717, 1.165) is 18.7 Å². The summed E-state index contributed by atoms with van der Waals surface area (Å²) in [5, 5.41) is 87.0. The van der Waals surface area contributed by atoms with Crippen LogP contribution in [-0.4, -0.2) is 324 Å². The SMILES string of the molecule is CC(C)[C@H](N)C(=O)N[C@@H](C)C(=O)N1CCC[C@H]1C(=O)N[C@@H](C)C(=O)NCC(=O)N[C@H](C(=O)N[C@@H](Cc1ccc(O)cc1)C(=O)N[C@@H](Cc1ccccc1)C(=O)N[C@@H](CCC(=O)O)C(=O)N[C@@H](CCC(=O)O)C(=O)N[C@@H](CS)C(=O)N1CCC[C@H]1C(=O)N[C@@H](CS)C(=O)N[C@@H](C)C(=O)N[C@@H](CC(N)=O)C(=O)N[C@@H](CS)C(=O)N[C@@H](CS)C(=O)NCC(=O)NCC(=O)O)[C@@H](C)O. The van der Waals surface area contributed by atoms with Gasteiger partial charge in [0.2, 0.25) is 112 Å². The molecule has 4 rings (SSSR count). The van der Waals surface area contributed by atoms with Gasteiger partial charge in [-0.05, 0) is 95.4 Å². The lowest BCUT2D eigenvalue weighted by molar-refractivity contribution is -0.142. The molecule has 2 aliphatic heterocycles. The third-order valence-corrected chi connectivity index (χ3v) is 21.5. The van der Waals surface area contributed by atoms with Crippen LogP contribution in [0.15, 0.2) is 54.6 Å². The first-order valence-corrected chi connectivity index (χ1v) is 43.3. The van der Waals surface area contributed by atoms with Crippen molar-refractivity contribution in [3.63, 3.8) is 0 Å². The first-order valence-electron chi connectivity index (χ1n) is 40.7. The molecule has 0 radical (unpaired) electrons. The molecule has 2 aromatic carbocycles. The number of nitrogens with one attached hydrogen (secondary N) is 16. The van der Waals surface area contributed by atoms with Gasteiger partial charge in [-0.1, -0.05) is 56.3 Å². The molecule has 47 nitrogen and oxygen atoms in total. The quantitative estimate of drug-likeness (QED) is 0.0274. The van der Waals surface area contributed by atoms with Crippen molar-refractivity contribution in [3.8, 4) is 5.75 Å². The molecule has 51 heteroatoms. The van der Waals surface area contributed by atoms with E-state index in [2.05, 4.69) is 130 Å². The molecule has 2 aromatic rings. The number of aliphatic hydroxyl groups is 1. The van der Waals surface area contributed by atoms with Gasteiger partial charge in [0.1, 0.15) is 103 Å². The first-order chi connectivity index (χ1) is 60.7. The zero-order valence-electron chi connectivity index (χ0n) is 71.3. The number of aliphatic hydroxyl groups excluding tert-OH is 1. The molecule has 0 unspecified atom stereocenters. The molecular weight excluding hydrogens is 1780 g/mol. The highest BCUT2D eigenvalue weighted by Crippen LogP contribution is 2.22. The number of aliphatic carboxylic acids is 3. The number of primary amides is 1. The molecule has 0 saturated carbocycles. The van der Waals surface area contributed by atoms with Crippen LogP contribution in [0.4, 0.5) is 0 Å². The van der Waals surface area contributed by atoms with Crippen LogP contribution in [0.5, 0.6) is 5.75 Å². The standard InChI is InChI=1S/C78H114N20O27S4/c1-36(2)61(80)75(122)86-39(5)77(124)97-24-10-14-53(97)73(120)85-37(3)63(110)82-30-57(103)96-62(40(6)99)76(123)91-47(27-42-16-18-43(100)19-17-42)69(116)90-46(26-41-12-8-7-9-13-41)68(115)88-44(20-22-58(104)105)66(113)87-45(21-23-59(106)107)67(114)95-52(35-129)78(125)98-25-11-15-54(98)74(121)94-50(33-127)71(118)84-38(4)64(111)89-48(28-55(79)101)70(117)93-51(34-128)72(119)92-49(32-126)65(112)83-29-56(102)81-31-60(108)109/h7-9,12-13,16-19,36-40,44-54,61-62,99-100,126-129H,10-11,14-15,20-35,80H2,1-6H3,(H2,79,101)(H,81,102)(H,82,110)(H,83,112)(H,84,118)(H,85,120)(H,86,122)(H,87,113)(H,88,115)(H,89,111)(H,90,116)(H,91,123)(H,92,119)(H,93,117)(H,94,121)(H,95,114)(H,96,103)(H,104,105)(H,106,107)(H,108,109)/t37-,38-,39-,40+,44-,45-,46-,47-,48-,49-,50-,51-,52-,53-,54-,61-,62-/m0/s1. The highest BCUT2D eigenvalue weighted by Gasteiger charge is 2.43. The van der Waals surface area contributed by atoms with Crippen molar-refractivity contribution in [1.29, 1.82) is 0 Å². The summed E-state index contributed by atoms with van der Waals surface area (Å²) in [7, 11) is 0. The number of carboxylic acids is 3. The fourth-order valence-electron chi connectivity index (χ4n) is 12.8. The summed E-state index contributed by atoms with van der Waals surface area (Å²) in [6.07, 6.45) is -5.82. The number of thiol groups is 4. The highest BCUT2D eigenvalue weighted by molar-refractivity contribution is 7.80. The number of phenolic OH excluding ortho intramolecular Hbond substituents is 1. The van der Waals surface area contributed by atoms with Crippen LogP contribution < -0.4 is 96.5 Å². The fraction of sp³-hybridized carbons (Fsp3) is 0.564. The predicted molar refractivity (Wildman–Crippen MR) is 468 cm³/mol. The maximum absolute atomic E-state index is 14.8. The Morgan fingerprint density at radius 3 is 1.28 bits per heavy atom. The number of carbonyl (C=O) groups excluding carboxylic acids is 19. The second-order valence-electron chi connectivity index (χ2n) is 30.6. The monoisotopic (exact) mass is 1890 g/mol. The lowest BCUT2D eigenvalue weighted by Gasteiger charge is -2.30. The van der Waals surface area contributed by atoms with Crippen molar-refractivity contribution < 1.29 is 131 Å². The summed E-state index contributed by atoms with van der Waals surface area (Å²) < 4.78 is 0. The van der Waals surface area contributed by atoms with Gasteiger partial charge in [0, 0.05) is 61.8 Å². The molecule has 17 atom stereocenters. The third-order valence-electron chi connectivity index (χ3n) is 20.1. The van der Waals surface area contributed by atoms with E-state index in [1.165, 1.54) is 55.1 Å². The summed E-state index contributed by atoms with van der Waals surface area (Å²) in [5.41, 5.74) is 12.0. The van der Waals surface area contributed by atoms with Gasteiger partial charge in [0.15, 0.2) is 0 Å². The number of benzene rings is 2. The molecule has 25 N–H and O–H groups in total. The molecule has 2 fully saturated rings. The van der Waals surface area contributed by atoms with Gasteiger partial charge in [-0.25, -0.2) is 0 Å². The van der Waals surface area contributed by atoms with Gasteiger partial charge >= 0.3 is 17.9 Å². The molecule has 2 heterocycles. The summed E-state index contributed by atoms with van der Waals surface area (Å²) >= 11 is 16.5. The van der Waals surface area contributed by atoms with E-state index in [1.54, 1.807) is 32.0 Å².